The summed E-state index contributed by atoms with van der Waals surface area (Å²) >= 11 is 0. The van der Waals surface area contributed by atoms with Crippen molar-refractivity contribution in [1.29, 1.82) is 0 Å². The van der Waals surface area contributed by atoms with Gasteiger partial charge in [-0.25, -0.2) is 9.40 Å². The lowest BCUT2D eigenvalue weighted by Crippen LogP contribution is -2.41. The molecule has 0 aliphatic carbocycles. The Hall–Kier alpha value is -1.72. The third-order valence-corrected chi connectivity index (χ3v) is 6.09. The minimum absolute atomic E-state index is 0.0432. The maximum atomic E-state index is 13.5. The van der Waals surface area contributed by atoms with Gasteiger partial charge in [-0.2, -0.15) is 21.6 Å². The van der Waals surface area contributed by atoms with Gasteiger partial charge in [0, 0.05) is 13.1 Å². The molecule has 1 amide bonds. The number of nitrogens with zero attached hydrogens (tertiary/aromatic N) is 2. The molecule has 0 aromatic heterocycles. The number of carbonyl (C=O) groups excluding carboxylic acids is 1. The van der Waals surface area contributed by atoms with Crippen molar-refractivity contribution < 1.29 is 35.0 Å². The molecule has 2 heterocycles. The molecule has 6 nitrogen and oxygen atoms in total. The molecule has 2 atom stereocenters. The Morgan fingerprint density at radius 3 is 2.63 bits per heavy atom. The first-order valence-electron chi connectivity index (χ1n) is 8.30. The summed E-state index contributed by atoms with van der Waals surface area (Å²) in [6.45, 7) is 1.18. The van der Waals surface area contributed by atoms with Gasteiger partial charge in [-0.15, -0.1) is 0 Å². The van der Waals surface area contributed by atoms with E-state index in [-0.39, 0.29) is 13.0 Å². The van der Waals surface area contributed by atoms with Crippen LogP contribution in [0, 0.1) is 11.2 Å². The van der Waals surface area contributed by atoms with Crippen molar-refractivity contribution in [2.24, 2.45) is 5.41 Å². The summed E-state index contributed by atoms with van der Waals surface area (Å²) in [5, 5.41) is 3.05. The van der Waals surface area contributed by atoms with Crippen molar-refractivity contribution in [3.63, 3.8) is 0 Å². The van der Waals surface area contributed by atoms with Crippen LogP contribution in [0.2, 0.25) is 0 Å². The molecule has 0 spiro atoms. The van der Waals surface area contributed by atoms with E-state index < -0.39 is 45.4 Å². The van der Waals surface area contributed by atoms with Crippen LogP contribution in [0.15, 0.2) is 24.3 Å². The van der Waals surface area contributed by atoms with Crippen molar-refractivity contribution in [1.82, 2.24) is 10.0 Å². The molecule has 2 aliphatic rings. The van der Waals surface area contributed by atoms with Crippen LogP contribution in [0.3, 0.4) is 0 Å². The van der Waals surface area contributed by atoms with Gasteiger partial charge >= 0.3 is 15.6 Å². The Kier molecular flexibility index (Phi) is 4.98. The summed E-state index contributed by atoms with van der Waals surface area (Å²) in [6, 6.07) is 5.30. The van der Waals surface area contributed by atoms with Crippen LogP contribution in [0.5, 0.6) is 0 Å². The predicted octanol–water partition coefficient (Wildman–Crippen LogP) is 2.59. The molecule has 0 radical (unpaired) electrons. The summed E-state index contributed by atoms with van der Waals surface area (Å²) in [6.07, 6.45) is 0.638. The van der Waals surface area contributed by atoms with Crippen molar-refractivity contribution in [3.05, 3.63) is 35.6 Å². The number of hydrogen-bond acceptors (Lipinski definition) is 5. The lowest BCUT2D eigenvalue weighted by molar-refractivity contribution is -0.144. The number of alkyl halides is 3. The number of rotatable bonds is 5. The number of carbonyl (C=O) groups is 1. The van der Waals surface area contributed by atoms with E-state index in [1.807, 2.05) is 0 Å². The summed E-state index contributed by atoms with van der Waals surface area (Å²) < 4.78 is 77.7. The van der Waals surface area contributed by atoms with Gasteiger partial charge in [0.05, 0.1) is 18.1 Å². The van der Waals surface area contributed by atoms with E-state index >= 15 is 0 Å². The molecule has 27 heavy (non-hydrogen) atoms. The fourth-order valence-corrected chi connectivity index (χ4v) is 4.05. The first kappa shape index (κ1) is 20.0. The van der Waals surface area contributed by atoms with Crippen molar-refractivity contribution >= 4 is 16.0 Å². The van der Waals surface area contributed by atoms with E-state index in [2.05, 4.69) is 4.18 Å². The summed E-state index contributed by atoms with van der Waals surface area (Å²) in [5.41, 5.74) is -6.39. The zero-order valence-corrected chi connectivity index (χ0v) is 15.2. The number of fused-ring (bicyclic) bond motifs is 1. The van der Waals surface area contributed by atoms with Gasteiger partial charge in [-0.3, -0.25) is 14.0 Å². The molecule has 2 unspecified atom stereocenters. The van der Waals surface area contributed by atoms with Gasteiger partial charge in [0.15, 0.2) is 0 Å². The molecule has 0 saturated carbocycles. The van der Waals surface area contributed by atoms with Crippen molar-refractivity contribution in [2.75, 3.05) is 19.7 Å². The molecule has 150 valence electrons. The second kappa shape index (κ2) is 6.71. The van der Waals surface area contributed by atoms with E-state index in [0.717, 1.165) is 0 Å². The zero-order valence-electron chi connectivity index (χ0n) is 14.4. The Morgan fingerprint density at radius 2 is 2.04 bits per heavy atom. The molecule has 2 saturated heterocycles. The van der Waals surface area contributed by atoms with Crippen LogP contribution in [-0.2, 0) is 19.1 Å². The SMILES string of the molecule is CCC1(COS(=O)(=O)C(F)(F)F)CN2CCC(c3cccc(F)c3)N2C1=O. The highest BCUT2D eigenvalue weighted by Gasteiger charge is 2.56. The molecule has 1 aromatic carbocycles. The molecular formula is C16H18F4N2O4S. The van der Waals surface area contributed by atoms with Gasteiger partial charge < -0.3 is 0 Å². The second-order valence-corrected chi connectivity index (χ2v) is 8.30. The van der Waals surface area contributed by atoms with Gasteiger partial charge in [0.2, 0.25) is 5.91 Å². The van der Waals surface area contributed by atoms with Crippen molar-refractivity contribution in [2.45, 2.75) is 31.3 Å². The lowest BCUT2D eigenvalue weighted by atomic mass is 9.85. The number of hydrazine groups is 1. The fraction of sp³-hybridized carbons (Fsp3) is 0.562. The number of hydrogen-bond donors (Lipinski definition) is 0. The zero-order chi connectivity index (χ0) is 20.0. The highest BCUT2D eigenvalue weighted by molar-refractivity contribution is 7.87. The summed E-state index contributed by atoms with van der Waals surface area (Å²) in [7, 11) is -5.79. The van der Waals surface area contributed by atoms with E-state index in [1.165, 1.54) is 23.2 Å². The van der Waals surface area contributed by atoms with Crippen LogP contribution >= 0.6 is 0 Å². The maximum absolute atomic E-state index is 13.5. The van der Waals surface area contributed by atoms with Gasteiger partial charge in [0.1, 0.15) is 5.82 Å². The number of amides is 1. The molecule has 0 bridgehead atoms. The Bertz CT molecular complexity index is 845. The molecule has 3 rings (SSSR count). The van der Waals surface area contributed by atoms with Crippen LogP contribution in [0.1, 0.15) is 31.4 Å². The fourth-order valence-electron chi connectivity index (χ4n) is 3.54. The topological polar surface area (TPSA) is 66.9 Å². The smallest absolute Gasteiger partial charge is 0.273 e. The normalized spacial score (nSPS) is 26.6. The van der Waals surface area contributed by atoms with Crippen LogP contribution in [0.4, 0.5) is 17.6 Å². The quantitative estimate of drug-likeness (QED) is 0.424. The minimum atomic E-state index is -5.79. The number of benzene rings is 1. The van der Waals surface area contributed by atoms with Gasteiger partial charge in [-0.1, -0.05) is 19.1 Å². The van der Waals surface area contributed by atoms with Crippen LogP contribution < -0.4 is 0 Å². The third-order valence-electron chi connectivity index (χ3n) is 5.09. The van der Waals surface area contributed by atoms with Crippen LogP contribution in [-0.4, -0.2) is 49.5 Å². The standard InChI is InChI=1S/C16H18F4N2O4S/c1-2-15(10-26-27(24,25)16(18,19)20)9-21-7-6-13(22(21)14(15)23)11-4-3-5-12(17)8-11/h3-5,8,13H,2,6-7,9-10H2,1H3. The first-order chi connectivity index (χ1) is 12.5. The minimum Gasteiger partial charge on any atom is -0.273 e. The molecule has 11 heteroatoms. The highest BCUT2D eigenvalue weighted by atomic mass is 32.2. The van der Waals surface area contributed by atoms with Crippen molar-refractivity contribution in [3.8, 4) is 0 Å². The van der Waals surface area contributed by atoms with Crippen LogP contribution in [0.25, 0.3) is 0 Å². The second-order valence-electron chi connectivity index (χ2n) is 6.69. The largest absolute Gasteiger partial charge is 0.523 e. The molecule has 2 aliphatic heterocycles. The summed E-state index contributed by atoms with van der Waals surface area (Å²) in [4.78, 5) is 13.0. The van der Waals surface area contributed by atoms with E-state index in [4.69, 9.17) is 0 Å². The first-order valence-corrected chi connectivity index (χ1v) is 9.71. The lowest BCUT2D eigenvalue weighted by Gasteiger charge is -2.28. The summed E-state index contributed by atoms with van der Waals surface area (Å²) in [5.74, 6) is -0.979. The van der Waals surface area contributed by atoms with Gasteiger partial charge in [-0.05, 0) is 30.5 Å². The predicted molar refractivity (Wildman–Crippen MR) is 85.8 cm³/mol. The highest BCUT2D eigenvalue weighted by Crippen LogP contribution is 2.44. The number of halogens is 4. The van der Waals surface area contributed by atoms with Gasteiger partial charge in [0.25, 0.3) is 0 Å². The molecule has 0 N–H and O–H groups in total. The molecule has 1 aromatic rings. The Balaban J connectivity index is 1.83. The maximum Gasteiger partial charge on any atom is 0.523 e. The monoisotopic (exact) mass is 410 g/mol. The van der Waals surface area contributed by atoms with E-state index in [0.29, 0.717) is 18.5 Å². The average molecular weight is 410 g/mol. The third kappa shape index (κ3) is 3.43. The van der Waals surface area contributed by atoms with E-state index in [9.17, 15) is 30.8 Å². The average Bonchev–Trinajstić information content (AvgIpc) is 3.11. The Labute approximate surface area is 153 Å². The molecule has 2 fully saturated rings. The molecular weight excluding hydrogens is 392 g/mol. The Morgan fingerprint density at radius 1 is 1.33 bits per heavy atom. The van der Waals surface area contributed by atoms with E-state index in [1.54, 1.807) is 18.0 Å².